The normalized spacial score (nSPS) is 10.5. The van der Waals surface area contributed by atoms with Crippen LogP contribution in [0.2, 0.25) is 0 Å². The molecule has 0 radical (unpaired) electrons. The minimum Gasteiger partial charge on any atom is -0.481 e. The number of carbonyl (C=O) groups excluding carboxylic acids is 2. The molecule has 0 bridgehead atoms. The average Bonchev–Trinajstić information content (AvgIpc) is 2.54. The summed E-state index contributed by atoms with van der Waals surface area (Å²) in [5, 5.41) is 5.51. The van der Waals surface area contributed by atoms with Gasteiger partial charge in [-0.25, -0.2) is 4.79 Å². The molecular weight excluding hydrogens is 320 g/mol. The van der Waals surface area contributed by atoms with Gasteiger partial charge < -0.3 is 20.1 Å². The van der Waals surface area contributed by atoms with Gasteiger partial charge in [0.15, 0.2) is 0 Å². The van der Waals surface area contributed by atoms with Gasteiger partial charge in [0.05, 0.1) is 0 Å². The average molecular weight is 346 g/mol. The predicted molar refractivity (Wildman–Crippen MR) is 96.6 cm³/mol. The summed E-state index contributed by atoms with van der Waals surface area (Å²) in [6.07, 6.45) is 6.20. The van der Waals surface area contributed by atoms with E-state index in [1.165, 1.54) is 0 Å². The fraction of sp³-hybridized carbons (Fsp3) is 0.474. The van der Waals surface area contributed by atoms with Crippen LogP contribution in [0, 0.1) is 12.3 Å². The Morgan fingerprint density at radius 3 is 2.48 bits per heavy atom. The maximum Gasteiger partial charge on any atom is 0.407 e. The molecule has 0 aliphatic rings. The first-order valence-corrected chi connectivity index (χ1v) is 8.23. The standard InChI is InChI=1S/C19H26N2O4/c1-5-13-24-16-10-8-9-15(14-16)17(22)20-11-6-7-12-21-18(23)25-19(2,3)4/h1,8-10,14H,6-7,11-13H2,2-4H3,(H,20,22)(H,21,23). The summed E-state index contributed by atoms with van der Waals surface area (Å²) in [4.78, 5) is 23.5. The number of benzene rings is 1. The van der Waals surface area contributed by atoms with Crippen molar-refractivity contribution >= 4 is 12.0 Å². The van der Waals surface area contributed by atoms with Crippen molar-refractivity contribution in [1.29, 1.82) is 0 Å². The second kappa shape index (κ2) is 10.2. The van der Waals surface area contributed by atoms with E-state index in [1.807, 2.05) is 20.8 Å². The summed E-state index contributed by atoms with van der Waals surface area (Å²) >= 11 is 0. The fourth-order valence-electron chi connectivity index (χ4n) is 1.91. The lowest BCUT2D eigenvalue weighted by molar-refractivity contribution is 0.0526. The molecule has 0 saturated heterocycles. The minimum atomic E-state index is -0.503. The fourth-order valence-corrected chi connectivity index (χ4v) is 1.91. The molecule has 2 amide bonds. The van der Waals surface area contributed by atoms with E-state index in [0.29, 0.717) is 24.4 Å². The molecule has 0 aliphatic carbocycles. The third kappa shape index (κ3) is 9.26. The first kappa shape index (κ1) is 20.4. The zero-order valence-corrected chi connectivity index (χ0v) is 15.1. The monoisotopic (exact) mass is 346 g/mol. The van der Waals surface area contributed by atoms with Gasteiger partial charge in [-0.2, -0.15) is 0 Å². The first-order chi connectivity index (χ1) is 11.8. The number of nitrogens with one attached hydrogen (secondary N) is 2. The second-order valence-corrected chi connectivity index (χ2v) is 6.41. The van der Waals surface area contributed by atoms with Gasteiger partial charge in [-0.15, -0.1) is 6.42 Å². The van der Waals surface area contributed by atoms with Crippen molar-refractivity contribution in [2.75, 3.05) is 19.7 Å². The number of amides is 2. The highest BCUT2D eigenvalue weighted by molar-refractivity contribution is 5.94. The summed E-state index contributed by atoms with van der Waals surface area (Å²) in [5.74, 6) is 2.76. The molecule has 1 aromatic rings. The van der Waals surface area contributed by atoms with E-state index in [0.717, 1.165) is 12.8 Å². The number of ether oxygens (including phenoxy) is 2. The van der Waals surface area contributed by atoms with Gasteiger partial charge in [0.25, 0.3) is 5.91 Å². The highest BCUT2D eigenvalue weighted by Gasteiger charge is 2.15. The highest BCUT2D eigenvalue weighted by atomic mass is 16.6. The predicted octanol–water partition coefficient (Wildman–Crippen LogP) is 2.73. The maximum absolute atomic E-state index is 12.1. The van der Waals surface area contributed by atoms with Crippen molar-refractivity contribution in [2.24, 2.45) is 0 Å². The summed E-state index contributed by atoms with van der Waals surface area (Å²) < 4.78 is 10.4. The highest BCUT2D eigenvalue weighted by Crippen LogP contribution is 2.13. The Morgan fingerprint density at radius 1 is 1.16 bits per heavy atom. The molecule has 0 heterocycles. The van der Waals surface area contributed by atoms with Gasteiger partial charge >= 0.3 is 6.09 Å². The second-order valence-electron chi connectivity index (χ2n) is 6.41. The molecule has 0 spiro atoms. The van der Waals surface area contributed by atoms with Gasteiger partial charge in [0, 0.05) is 18.7 Å². The molecule has 0 aliphatic heterocycles. The molecule has 0 atom stereocenters. The van der Waals surface area contributed by atoms with Crippen LogP contribution in [0.4, 0.5) is 4.79 Å². The van der Waals surface area contributed by atoms with Crippen molar-refractivity contribution in [3.8, 4) is 18.1 Å². The molecule has 2 N–H and O–H groups in total. The van der Waals surface area contributed by atoms with Gasteiger partial charge in [-0.05, 0) is 51.8 Å². The lowest BCUT2D eigenvalue weighted by Crippen LogP contribution is -2.33. The van der Waals surface area contributed by atoms with Crippen LogP contribution in [0.25, 0.3) is 0 Å². The Bertz CT molecular complexity index is 615. The number of rotatable bonds is 8. The number of terminal acetylenes is 1. The number of unbranched alkanes of at least 4 members (excludes halogenated alkanes) is 1. The molecule has 0 saturated carbocycles. The van der Waals surface area contributed by atoms with Crippen molar-refractivity contribution in [2.45, 2.75) is 39.2 Å². The lowest BCUT2D eigenvalue weighted by Gasteiger charge is -2.19. The van der Waals surface area contributed by atoms with E-state index in [-0.39, 0.29) is 12.5 Å². The molecule has 6 nitrogen and oxygen atoms in total. The third-order valence-corrected chi connectivity index (χ3v) is 2.98. The zero-order chi connectivity index (χ0) is 18.7. The van der Waals surface area contributed by atoms with Crippen LogP contribution < -0.4 is 15.4 Å². The SMILES string of the molecule is C#CCOc1cccc(C(=O)NCCCCNC(=O)OC(C)(C)C)c1. The van der Waals surface area contributed by atoms with E-state index in [4.69, 9.17) is 15.9 Å². The maximum atomic E-state index is 12.1. The minimum absolute atomic E-state index is 0.162. The largest absolute Gasteiger partial charge is 0.481 e. The molecule has 1 rings (SSSR count). The van der Waals surface area contributed by atoms with Gasteiger partial charge in [-0.3, -0.25) is 4.79 Å². The Balaban J connectivity index is 2.23. The van der Waals surface area contributed by atoms with E-state index < -0.39 is 11.7 Å². The van der Waals surface area contributed by atoms with Crippen LogP contribution in [0.1, 0.15) is 44.0 Å². The number of hydrogen-bond donors (Lipinski definition) is 2. The van der Waals surface area contributed by atoms with E-state index in [9.17, 15) is 9.59 Å². The van der Waals surface area contributed by atoms with Crippen molar-refractivity contribution in [1.82, 2.24) is 10.6 Å². The molecule has 6 heteroatoms. The van der Waals surface area contributed by atoms with E-state index >= 15 is 0 Å². The first-order valence-electron chi connectivity index (χ1n) is 8.23. The number of alkyl carbamates (subject to hydrolysis) is 1. The molecule has 25 heavy (non-hydrogen) atoms. The quantitative estimate of drug-likeness (QED) is 0.560. The molecule has 0 unspecified atom stereocenters. The van der Waals surface area contributed by atoms with Crippen molar-refractivity contribution < 1.29 is 19.1 Å². The summed E-state index contributed by atoms with van der Waals surface area (Å²) in [6.45, 7) is 6.62. The molecule has 0 fully saturated rings. The van der Waals surface area contributed by atoms with Crippen LogP contribution in [-0.4, -0.2) is 37.3 Å². The Labute approximate surface area is 149 Å². The lowest BCUT2D eigenvalue weighted by atomic mass is 10.2. The van der Waals surface area contributed by atoms with Crippen LogP contribution in [0.5, 0.6) is 5.75 Å². The van der Waals surface area contributed by atoms with Crippen LogP contribution >= 0.6 is 0 Å². The van der Waals surface area contributed by atoms with E-state index in [2.05, 4.69) is 16.6 Å². The molecule has 0 aromatic heterocycles. The van der Waals surface area contributed by atoms with Gasteiger partial charge in [0.2, 0.25) is 0 Å². The van der Waals surface area contributed by atoms with Crippen LogP contribution in [0.3, 0.4) is 0 Å². The van der Waals surface area contributed by atoms with Crippen LogP contribution in [-0.2, 0) is 4.74 Å². The van der Waals surface area contributed by atoms with Crippen molar-refractivity contribution in [3.05, 3.63) is 29.8 Å². The molecular formula is C19H26N2O4. The molecule has 1 aromatic carbocycles. The molecule has 136 valence electrons. The van der Waals surface area contributed by atoms with Gasteiger partial charge in [0.1, 0.15) is 18.0 Å². The Morgan fingerprint density at radius 2 is 1.84 bits per heavy atom. The summed E-state index contributed by atoms with van der Waals surface area (Å²) in [6, 6.07) is 6.85. The smallest absolute Gasteiger partial charge is 0.407 e. The topological polar surface area (TPSA) is 76.7 Å². The van der Waals surface area contributed by atoms with Crippen molar-refractivity contribution in [3.63, 3.8) is 0 Å². The summed E-state index contributed by atoms with van der Waals surface area (Å²) in [7, 11) is 0. The van der Waals surface area contributed by atoms with Crippen LogP contribution in [0.15, 0.2) is 24.3 Å². The Hall–Kier alpha value is -2.68. The summed E-state index contributed by atoms with van der Waals surface area (Å²) in [5.41, 5.74) is 0.0117. The third-order valence-electron chi connectivity index (χ3n) is 2.98. The number of carbonyl (C=O) groups is 2. The van der Waals surface area contributed by atoms with Gasteiger partial charge in [-0.1, -0.05) is 12.0 Å². The van der Waals surface area contributed by atoms with E-state index in [1.54, 1.807) is 24.3 Å². The Kier molecular flexibility index (Phi) is 8.34. The zero-order valence-electron chi connectivity index (χ0n) is 15.1. The number of hydrogen-bond acceptors (Lipinski definition) is 4.